The first-order valence-electron chi connectivity index (χ1n) is 4.88. The van der Waals surface area contributed by atoms with Gasteiger partial charge in [-0.2, -0.15) is 0 Å². The van der Waals surface area contributed by atoms with Gasteiger partial charge < -0.3 is 4.57 Å². The molecule has 0 aliphatic heterocycles. The number of imidazole rings is 1. The minimum atomic E-state index is -0.0385. The molecule has 0 saturated heterocycles. The van der Waals surface area contributed by atoms with Gasteiger partial charge in [0.05, 0.1) is 11.0 Å². The van der Waals surface area contributed by atoms with Crippen LogP contribution >= 0.6 is 12.2 Å². The van der Waals surface area contributed by atoms with Crippen LogP contribution in [0.5, 0.6) is 0 Å². The monoisotopic (exact) mass is 220 g/mol. The molecule has 2 rings (SSSR count). The van der Waals surface area contributed by atoms with Crippen molar-refractivity contribution in [3.63, 3.8) is 0 Å². The third-order valence-electron chi connectivity index (χ3n) is 2.47. The topological polar surface area (TPSA) is 26.9 Å². The molecule has 0 amide bonds. The van der Waals surface area contributed by atoms with E-state index < -0.39 is 0 Å². The predicted octanol–water partition coefficient (Wildman–Crippen LogP) is 2.85. The van der Waals surface area contributed by atoms with Crippen molar-refractivity contribution in [1.82, 2.24) is 9.13 Å². The van der Waals surface area contributed by atoms with Crippen LogP contribution in [-0.4, -0.2) is 15.0 Å². The van der Waals surface area contributed by atoms with E-state index >= 15 is 0 Å². The Morgan fingerprint density at radius 1 is 1.33 bits per heavy atom. The molecule has 78 valence electrons. The Bertz CT molecular complexity index is 580. The zero-order valence-corrected chi connectivity index (χ0v) is 9.54. The molecule has 0 aliphatic carbocycles. The summed E-state index contributed by atoms with van der Waals surface area (Å²) in [6.45, 7) is 4.33. The molecule has 0 unspecified atom stereocenters. The second kappa shape index (κ2) is 3.62. The normalized spacial score (nSPS) is 10.8. The van der Waals surface area contributed by atoms with Gasteiger partial charge in [-0.1, -0.05) is 12.1 Å². The maximum Gasteiger partial charge on any atom is 0.230 e. The lowest BCUT2D eigenvalue weighted by Gasteiger charge is -1.96. The number of rotatable bonds is 1. The van der Waals surface area contributed by atoms with Gasteiger partial charge in [0, 0.05) is 13.5 Å². The zero-order chi connectivity index (χ0) is 11.0. The molecule has 2 aromatic rings. The maximum atomic E-state index is 11.5. The van der Waals surface area contributed by atoms with Crippen molar-refractivity contribution in [1.29, 1.82) is 0 Å². The average Bonchev–Trinajstić information content (AvgIpc) is 2.49. The second-order valence-corrected chi connectivity index (χ2v) is 3.74. The number of hydrogen-bond donors (Lipinski definition) is 0. The number of carbonyl (C=O) groups excluding carboxylic acids is 1. The second-order valence-electron chi connectivity index (χ2n) is 3.37. The summed E-state index contributed by atoms with van der Waals surface area (Å²) in [5, 5.41) is 0. The van der Waals surface area contributed by atoms with Crippen molar-refractivity contribution in [2.75, 3.05) is 0 Å². The number of aryl methyl sites for hydroxylation is 1. The molecule has 1 heterocycles. The zero-order valence-electron chi connectivity index (χ0n) is 8.73. The third-order valence-corrected chi connectivity index (χ3v) is 2.87. The minimum absolute atomic E-state index is 0.0385. The molecule has 0 atom stereocenters. The summed E-state index contributed by atoms with van der Waals surface area (Å²) < 4.78 is 4.12. The van der Waals surface area contributed by atoms with Crippen LogP contribution in [0.2, 0.25) is 0 Å². The van der Waals surface area contributed by atoms with E-state index in [1.54, 1.807) is 4.57 Å². The van der Waals surface area contributed by atoms with Gasteiger partial charge in [0.1, 0.15) is 0 Å². The molecular formula is C11H12N2OS. The number of para-hydroxylation sites is 2. The first kappa shape index (κ1) is 10.1. The van der Waals surface area contributed by atoms with Crippen LogP contribution in [0, 0.1) is 4.77 Å². The predicted molar refractivity (Wildman–Crippen MR) is 62.7 cm³/mol. The highest BCUT2D eigenvalue weighted by Crippen LogP contribution is 2.17. The fraction of sp³-hybridized carbons (Fsp3) is 0.273. The van der Waals surface area contributed by atoms with Gasteiger partial charge >= 0.3 is 0 Å². The summed E-state index contributed by atoms with van der Waals surface area (Å²) in [6, 6.07) is 7.76. The maximum absolute atomic E-state index is 11.5. The number of benzene rings is 1. The SMILES string of the molecule is CCn1c(=S)n(C(C)=O)c2ccccc21. The van der Waals surface area contributed by atoms with Crippen molar-refractivity contribution in [2.45, 2.75) is 20.4 Å². The van der Waals surface area contributed by atoms with E-state index in [0.29, 0.717) is 4.77 Å². The fourth-order valence-electron chi connectivity index (χ4n) is 1.82. The molecule has 1 aromatic carbocycles. The quantitative estimate of drug-likeness (QED) is 0.691. The standard InChI is InChI=1S/C11H12N2OS/c1-3-12-9-6-4-5-7-10(9)13(8(2)14)11(12)15/h4-7H,3H2,1-2H3. The van der Waals surface area contributed by atoms with Gasteiger partial charge in [-0.05, 0) is 31.3 Å². The van der Waals surface area contributed by atoms with E-state index in [2.05, 4.69) is 0 Å². The third kappa shape index (κ3) is 1.41. The number of carbonyl (C=O) groups is 1. The minimum Gasteiger partial charge on any atom is -0.317 e. The highest BCUT2D eigenvalue weighted by Gasteiger charge is 2.10. The molecule has 4 heteroatoms. The van der Waals surface area contributed by atoms with Gasteiger partial charge in [0.15, 0.2) is 4.77 Å². The summed E-state index contributed by atoms with van der Waals surface area (Å²) in [4.78, 5) is 11.5. The van der Waals surface area contributed by atoms with Gasteiger partial charge in [-0.15, -0.1) is 0 Å². The average molecular weight is 220 g/mol. The van der Waals surface area contributed by atoms with Crippen molar-refractivity contribution < 1.29 is 4.79 Å². The number of nitrogens with zero attached hydrogens (tertiary/aromatic N) is 2. The molecule has 0 fully saturated rings. The van der Waals surface area contributed by atoms with Crippen LogP contribution in [0.1, 0.15) is 18.6 Å². The lowest BCUT2D eigenvalue weighted by atomic mass is 10.3. The first-order valence-corrected chi connectivity index (χ1v) is 5.29. The summed E-state index contributed by atoms with van der Waals surface area (Å²) in [5.41, 5.74) is 1.90. The van der Waals surface area contributed by atoms with Gasteiger partial charge in [0.2, 0.25) is 5.91 Å². The van der Waals surface area contributed by atoms with Gasteiger partial charge in [-0.25, -0.2) is 0 Å². The van der Waals surface area contributed by atoms with Crippen LogP contribution in [0.25, 0.3) is 11.0 Å². The summed E-state index contributed by atoms with van der Waals surface area (Å²) in [6.07, 6.45) is 0. The Morgan fingerprint density at radius 2 is 1.93 bits per heavy atom. The molecule has 0 radical (unpaired) electrons. The van der Waals surface area contributed by atoms with E-state index in [9.17, 15) is 4.79 Å². The number of hydrogen-bond acceptors (Lipinski definition) is 2. The highest BCUT2D eigenvalue weighted by molar-refractivity contribution is 7.71. The van der Waals surface area contributed by atoms with E-state index in [1.165, 1.54) is 6.92 Å². The van der Waals surface area contributed by atoms with Gasteiger partial charge in [-0.3, -0.25) is 9.36 Å². The molecule has 15 heavy (non-hydrogen) atoms. The Labute approximate surface area is 92.9 Å². The number of aromatic nitrogens is 2. The van der Waals surface area contributed by atoms with E-state index in [1.807, 2.05) is 35.8 Å². The molecule has 0 bridgehead atoms. The lowest BCUT2D eigenvalue weighted by Crippen LogP contribution is -2.06. The molecule has 0 N–H and O–H groups in total. The Kier molecular flexibility index (Phi) is 2.44. The van der Waals surface area contributed by atoms with Crippen molar-refractivity contribution in [3.05, 3.63) is 29.0 Å². The van der Waals surface area contributed by atoms with Crippen LogP contribution < -0.4 is 0 Å². The smallest absolute Gasteiger partial charge is 0.230 e. The van der Waals surface area contributed by atoms with Crippen LogP contribution in [-0.2, 0) is 6.54 Å². The molecule has 1 aromatic heterocycles. The summed E-state index contributed by atoms with van der Waals surface area (Å²) in [7, 11) is 0. The summed E-state index contributed by atoms with van der Waals surface area (Å²) >= 11 is 5.27. The molecular weight excluding hydrogens is 208 g/mol. The van der Waals surface area contributed by atoms with Crippen LogP contribution in [0.3, 0.4) is 0 Å². The van der Waals surface area contributed by atoms with E-state index in [-0.39, 0.29) is 5.91 Å². The van der Waals surface area contributed by atoms with Crippen molar-refractivity contribution in [2.24, 2.45) is 0 Å². The highest BCUT2D eigenvalue weighted by atomic mass is 32.1. The first-order chi connectivity index (χ1) is 7.16. The molecule has 0 saturated carbocycles. The molecule has 0 aliphatic rings. The number of fused-ring (bicyclic) bond motifs is 1. The van der Waals surface area contributed by atoms with Crippen molar-refractivity contribution >= 4 is 29.2 Å². The Balaban J connectivity index is 2.98. The lowest BCUT2D eigenvalue weighted by molar-refractivity contribution is 0.0939. The van der Waals surface area contributed by atoms with E-state index in [4.69, 9.17) is 12.2 Å². The molecule has 0 spiro atoms. The Hall–Kier alpha value is -1.42. The fourth-order valence-corrected chi connectivity index (χ4v) is 2.27. The van der Waals surface area contributed by atoms with Crippen molar-refractivity contribution in [3.8, 4) is 0 Å². The van der Waals surface area contributed by atoms with Gasteiger partial charge in [0.25, 0.3) is 0 Å². The summed E-state index contributed by atoms with van der Waals surface area (Å²) in [5.74, 6) is -0.0385. The largest absolute Gasteiger partial charge is 0.317 e. The van der Waals surface area contributed by atoms with Crippen LogP contribution in [0.15, 0.2) is 24.3 Å². The molecule has 3 nitrogen and oxygen atoms in total. The van der Waals surface area contributed by atoms with Crippen LogP contribution in [0.4, 0.5) is 0 Å². The Morgan fingerprint density at radius 3 is 2.47 bits per heavy atom. The van der Waals surface area contributed by atoms with E-state index in [0.717, 1.165) is 17.6 Å².